The maximum Gasteiger partial charge on any atom is 0.229 e. The molecule has 4 aromatic rings. The molecule has 0 saturated heterocycles. The van der Waals surface area contributed by atoms with E-state index >= 15 is 0 Å². The Morgan fingerprint density at radius 2 is 1.61 bits per heavy atom. The number of rotatable bonds is 4. The van der Waals surface area contributed by atoms with Gasteiger partial charge in [-0.2, -0.15) is 4.98 Å². The number of aryl methyl sites for hydroxylation is 1. The first-order valence-corrected chi connectivity index (χ1v) is 8.74. The van der Waals surface area contributed by atoms with E-state index in [9.17, 15) is 5.11 Å². The third-order valence-corrected chi connectivity index (χ3v) is 4.50. The number of benzene rings is 3. The molecule has 0 aliphatic rings. The van der Waals surface area contributed by atoms with Gasteiger partial charge in [-0.1, -0.05) is 30.3 Å². The molecule has 3 aromatic carbocycles. The summed E-state index contributed by atoms with van der Waals surface area (Å²) >= 11 is 0. The molecule has 142 valence electrons. The third-order valence-electron chi connectivity index (χ3n) is 4.50. The number of fused-ring (bicyclic) bond motifs is 1. The summed E-state index contributed by atoms with van der Waals surface area (Å²) in [5, 5.41) is 13.9. The monoisotopic (exact) mass is 392 g/mol. The van der Waals surface area contributed by atoms with Crippen LogP contribution in [-0.4, -0.2) is 22.1 Å². The molecule has 0 aliphatic heterocycles. The van der Waals surface area contributed by atoms with Crippen molar-refractivity contribution in [2.75, 3.05) is 17.3 Å². The molecule has 0 unspecified atom stereocenters. The number of nitrogens with one attached hydrogen (secondary N) is 1. The molecule has 0 amide bonds. The van der Waals surface area contributed by atoms with E-state index in [1.54, 1.807) is 12.1 Å². The number of hydrogen-bond acceptors (Lipinski definition) is 5. The molecule has 0 fully saturated rings. The van der Waals surface area contributed by atoms with E-state index in [0.29, 0.717) is 5.95 Å². The second-order valence-corrected chi connectivity index (χ2v) is 6.41. The first-order valence-electron chi connectivity index (χ1n) is 8.74. The Kier molecular flexibility index (Phi) is 5.66. The maximum absolute atomic E-state index is 9.62. The minimum atomic E-state index is 0. The van der Waals surface area contributed by atoms with Crippen LogP contribution in [0.1, 0.15) is 5.56 Å². The number of anilines is 4. The lowest BCUT2D eigenvalue weighted by atomic mass is 10.2. The SMILES string of the molecule is Cc1cc(O)ccc1Nc1nc(N(C)c2ccccc2)c2ccccc2n1.Cl. The van der Waals surface area contributed by atoms with Gasteiger partial charge in [-0.3, -0.25) is 0 Å². The van der Waals surface area contributed by atoms with Gasteiger partial charge in [0.2, 0.25) is 5.95 Å². The zero-order valence-corrected chi connectivity index (χ0v) is 16.4. The minimum Gasteiger partial charge on any atom is -0.508 e. The fourth-order valence-electron chi connectivity index (χ4n) is 3.05. The summed E-state index contributed by atoms with van der Waals surface area (Å²) in [5.74, 6) is 1.58. The molecule has 0 radical (unpaired) electrons. The first-order chi connectivity index (χ1) is 13.1. The van der Waals surface area contributed by atoms with E-state index in [1.807, 2.05) is 74.6 Å². The Bertz CT molecular complexity index is 1100. The van der Waals surface area contributed by atoms with Crippen molar-refractivity contribution in [3.63, 3.8) is 0 Å². The van der Waals surface area contributed by atoms with Crippen molar-refractivity contribution in [1.29, 1.82) is 0 Å². The molecular weight excluding hydrogens is 372 g/mol. The van der Waals surface area contributed by atoms with E-state index < -0.39 is 0 Å². The Hall–Kier alpha value is -3.31. The van der Waals surface area contributed by atoms with Crippen molar-refractivity contribution in [2.45, 2.75) is 6.92 Å². The summed E-state index contributed by atoms with van der Waals surface area (Å²) in [4.78, 5) is 11.5. The number of hydrogen-bond donors (Lipinski definition) is 2. The van der Waals surface area contributed by atoms with Gasteiger partial charge in [-0.25, -0.2) is 4.98 Å². The molecule has 0 bridgehead atoms. The molecule has 4 rings (SSSR count). The molecule has 5 nitrogen and oxygen atoms in total. The predicted molar refractivity (Wildman–Crippen MR) is 117 cm³/mol. The molecular formula is C22H21ClN4O. The second kappa shape index (κ2) is 8.15. The summed E-state index contributed by atoms with van der Waals surface area (Å²) in [6.45, 7) is 1.93. The van der Waals surface area contributed by atoms with Gasteiger partial charge in [0.05, 0.1) is 5.52 Å². The lowest BCUT2D eigenvalue weighted by Crippen LogP contribution is -2.13. The lowest BCUT2D eigenvalue weighted by molar-refractivity contribution is 0.475. The Morgan fingerprint density at radius 1 is 0.893 bits per heavy atom. The number of aromatic nitrogens is 2. The maximum atomic E-state index is 9.62. The Labute approximate surface area is 170 Å². The molecule has 1 aromatic heterocycles. The van der Waals surface area contributed by atoms with Gasteiger partial charge in [0.25, 0.3) is 0 Å². The average molecular weight is 393 g/mol. The van der Waals surface area contributed by atoms with Crippen LogP contribution >= 0.6 is 12.4 Å². The van der Waals surface area contributed by atoms with E-state index in [4.69, 9.17) is 4.98 Å². The number of para-hydroxylation sites is 2. The highest BCUT2D eigenvalue weighted by atomic mass is 35.5. The highest BCUT2D eigenvalue weighted by Crippen LogP contribution is 2.31. The van der Waals surface area contributed by atoms with Gasteiger partial charge in [0, 0.05) is 23.8 Å². The Morgan fingerprint density at radius 3 is 2.36 bits per heavy atom. The smallest absolute Gasteiger partial charge is 0.229 e. The van der Waals surface area contributed by atoms with Gasteiger partial charge >= 0.3 is 0 Å². The largest absolute Gasteiger partial charge is 0.508 e. The Balaban J connectivity index is 0.00000225. The zero-order chi connectivity index (χ0) is 18.8. The van der Waals surface area contributed by atoms with Gasteiger partial charge in [-0.15, -0.1) is 12.4 Å². The van der Waals surface area contributed by atoms with Crippen LogP contribution in [0.25, 0.3) is 10.9 Å². The molecule has 2 N–H and O–H groups in total. The van der Waals surface area contributed by atoms with Crippen LogP contribution in [0, 0.1) is 6.92 Å². The fourth-order valence-corrected chi connectivity index (χ4v) is 3.05. The third kappa shape index (κ3) is 3.85. The highest BCUT2D eigenvalue weighted by Gasteiger charge is 2.13. The first kappa shape index (κ1) is 19.5. The van der Waals surface area contributed by atoms with Crippen LogP contribution in [0.15, 0.2) is 72.8 Å². The molecule has 0 saturated carbocycles. The summed E-state index contributed by atoms with van der Waals surface area (Å²) in [7, 11) is 2.00. The van der Waals surface area contributed by atoms with Gasteiger partial charge in [0.1, 0.15) is 11.6 Å². The summed E-state index contributed by atoms with van der Waals surface area (Å²) in [5.41, 5.74) is 3.69. The summed E-state index contributed by atoms with van der Waals surface area (Å²) in [6, 6.07) is 23.3. The highest BCUT2D eigenvalue weighted by molar-refractivity contribution is 5.92. The van der Waals surface area contributed by atoms with Crippen molar-refractivity contribution < 1.29 is 5.11 Å². The molecule has 6 heteroatoms. The van der Waals surface area contributed by atoms with Crippen molar-refractivity contribution in [1.82, 2.24) is 9.97 Å². The fraction of sp³-hybridized carbons (Fsp3) is 0.0909. The molecule has 0 atom stereocenters. The van der Waals surface area contributed by atoms with Gasteiger partial charge in [0.15, 0.2) is 0 Å². The van der Waals surface area contributed by atoms with Crippen LogP contribution < -0.4 is 10.2 Å². The lowest BCUT2D eigenvalue weighted by Gasteiger charge is -2.21. The van der Waals surface area contributed by atoms with E-state index in [1.165, 1.54) is 0 Å². The molecule has 0 spiro atoms. The minimum absolute atomic E-state index is 0. The van der Waals surface area contributed by atoms with E-state index in [0.717, 1.165) is 33.7 Å². The van der Waals surface area contributed by atoms with Crippen LogP contribution in [0.4, 0.5) is 23.1 Å². The predicted octanol–water partition coefficient (Wildman–Crippen LogP) is 5.58. The van der Waals surface area contributed by atoms with Crippen LogP contribution in [-0.2, 0) is 0 Å². The van der Waals surface area contributed by atoms with Crippen LogP contribution in [0.3, 0.4) is 0 Å². The number of phenolic OH excluding ortho intramolecular Hbond substituents is 1. The van der Waals surface area contributed by atoms with Crippen molar-refractivity contribution >= 4 is 46.5 Å². The molecule has 28 heavy (non-hydrogen) atoms. The van der Waals surface area contributed by atoms with Crippen LogP contribution in [0.5, 0.6) is 5.75 Å². The van der Waals surface area contributed by atoms with Crippen molar-refractivity contribution in [3.05, 3.63) is 78.4 Å². The van der Waals surface area contributed by atoms with Crippen LogP contribution in [0.2, 0.25) is 0 Å². The summed E-state index contributed by atoms with van der Waals surface area (Å²) < 4.78 is 0. The second-order valence-electron chi connectivity index (χ2n) is 6.41. The zero-order valence-electron chi connectivity index (χ0n) is 15.6. The quantitative estimate of drug-likeness (QED) is 0.444. The number of nitrogens with zero attached hydrogens (tertiary/aromatic N) is 3. The normalized spacial score (nSPS) is 10.4. The number of phenols is 1. The average Bonchev–Trinajstić information content (AvgIpc) is 2.69. The van der Waals surface area contributed by atoms with Crippen molar-refractivity contribution in [2.24, 2.45) is 0 Å². The van der Waals surface area contributed by atoms with Gasteiger partial charge < -0.3 is 15.3 Å². The van der Waals surface area contributed by atoms with Crippen molar-refractivity contribution in [3.8, 4) is 5.75 Å². The standard InChI is InChI=1S/C22H20N4O.ClH/c1-15-14-17(27)12-13-19(15)23-22-24-20-11-7-6-10-18(20)21(25-22)26(2)16-8-4-3-5-9-16;/h3-14,27H,1-2H3,(H,23,24,25);1H. The van der Waals surface area contributed by atoms with E-state index in [2.05, 4.69) is 15.2 Å². The van der Waals surface area contributed by atoms with E-state index in [-0.39, 0.29) is 18.2 Å². The molecule has 0 aliphatic carbocycles. The number of aromatic hydroxyl groups is 1. The summed E-state index contributed by atoms with van der Waals surface area (Å²) in [6.07, 6.45) is 0. The van der Waals surface area contributed by atoms with Gasteiger partial charge in [-0.05, 0) is 55.0 Å². The topological polar surface area (TPSA) is 61.3 Å². The molecule has 1 heterocycles. The number of halogens is 1.